The van der Waals surface area contributed by atoms with Crippen molar-refractivity contribution in [1.29, 1.82) is 0 Å². The molecular weight excluding hydrogens is 426 g/mol. The van der Waals surface area contributed by atoms with Crippen molar-refractivity contribution in [2.45, 2.75) is 18.9 Å². The third-order valence-electron chi connectivity index (χ3n) is 5.83. The highest BCUT2D eigenvalue weighted by molar-refractivity contribution is 6.01. The number of nitrogens with zero attached hydrogens (tertiary/aromatic N) is 3. The third-order valence-corrected chi connectivity index (χ3v) is 5.83. The Morgan fingerprint density at radius 1 is 0.939 bits per heavy atom. The van der Waals surface area contributed by atoms with Crippen molar-refractivity contribution in [3.63, 3.8) is 0 Å². The molecule has 174 valence electrons. The number of carbonyl (C=O) groups is 3. The van der Waals surface area contributed by atoms with Crippen molar-refractivity contribution in [2.75, 3.05) is 46.0 Å². The van der Waals surface area contributed by atoms with Crippen molar-refractivity contribution in [3.8, 4) is 17.2 Å². The van der Waals surface area contributed by atoms with E-state index < -0.39 is 0 Å². The summed E-state index contributed by atoms with van der Waals surface area (Å²) in [5, 5.41) is 0. The average molecular weight is 453 g/mol. The molecule has 1 saturated heterocycles. The minimum Gasteiger partial charge on any atom is -0.497 e. The molecule has 9 heteroatoms. The van der Waals surface area contributed by atoms with Crippen LogP contribution in [-0.2, 0) is 9.59 Å². The van der Waals surface area contributed by atoms with E-state index in [0.717, 1.165) is 12.8 Å². The average Bonchev–Trinajstić information content (AvgIpc) is 3.62. The van der Waals surface area contributed by atoms with Crippen molar-refractivity contribution in [2.24, 2.45) is 0 Å². The first-order chi connectivity index (χ1) is 15.9. The van der Waals surface area contributed by atoms with E-state index >= 15 is 0 Å². The fraction of sp³-hybridized carbons (Fsp3) is 0.375. The molecule has 2 fully saturated rings. The Bertz CT molecular complexity index is 1030. The van der Waals surface area contributed by atoms with Crippen molar-refractivity contribution >= 4 is 23.4 Å². The quantitative estimate of drug-likeness (QED) is 0.609. The lowest BCUT2D eigenvalue weighted by Gasteiger charge is -2.25. The Kier molecular flexibility index (Phi) is 6.39. The van der Waals surface area contributed by atoms with Crippen LogP contribution in [0.3, 0.4) is 0 Å². The van der Waals surface area contributed by atoms with Gasteiger partial charge in [0.1, 0.15) is 37.0 Å². The molecule has 1 heterocycles. The number of carbonyl (C=O) groups excluding carboxylic acids is 3. The molecule has 0 atom stereocenters. The summed E-state index contributed by atoms with van der Waals surface area (Å²) in [4.78, 5) is 43.5. The number of hydrogen-bond acceptors (Lipinski definition) is 6. The second kappa shape index (κ2) is 9.40. The first kappa shape index (κ1) is 22.4. The van der Waals surface area contributed by atoms with Gasteiger partial charge in [0.15, 0.2) is 0 Å². The lowest BCUT2D eigenvalue weighted by atomic mass is 10.1. The molecule has 0 spiro atoms. The van der Waals surface area contributed by atoms with Crippen molar-refractivity contribution in [3.05, 3.63) is 48.0 Å². The molecule has 0 radical (unpaired) electrons. The van der Waals surface area contributed by atoms with E-state index in [9.17, 15) is 14.4 Å². The Morgan fingerprint density at radius 2 is 1.55 bits per heavy atom. The van der Waals surface area contributed by atoms with E-state index in [-0.39, 0.29) is 43.5 Å². The van der Waals surface area contributed by atoms with E-state index in [1.54, 1.807) is 59.4 Å². The Labute approximate surface area is 192 Å². The van der Waals surface area contributed by atoms with Crippen LogP contribution >= 0.6 is 0 Å². The topological polar surface area (TPSA) is 88.6 Å². The number of rotatable bonds is 8. The summed E-state index contributed by atoms with van der Waals surface area (Å²) < 4.78 is 15.7. The van der Waals surface area contributed by atoms with Crippen LogP contribution in [0.25, 0.3) is 0 Å². The summed E-state index contributed by atoms with van der Waals surface area (Å²) in [7, 11) is 4.61. The second-order valence-corrected chi connectivity index (χ2v) is 8.02. The maximum atomic E-state index is 13.3. The van der Waals surface area contributed by atoms with Gasteiger partial charge in [-0.3, -0.25) is 19.3 Å². The normalized spacial score (nSPS) is 15.4. The molecule has 33 heavy (non-hydrogen) atoms. The van der Waals surface area contributed by atoms with Gasteiger partial charge in [-0.15, -0.1) is 0 Å². The van der Waals surface area contributed by atoms with Gasteiger partial charge < -0.3 is 24.0 Å². The summed E-state index contributed by atoms with van der Waals surface area (Å²) in [5.41, 5.74) is 1.08. The number of benzene rings is 2. The molecule has 0 N–H and O–H groups in total. The zero-order valence-corrected chi connectivity index (χ0v) is 18.9. The summed E-state index contributed by atoms with van der Waals surface area (Å²) in [6.07, 6.45) is 1.69. The summed E-state index contributed by atoms with van der Waals surface area (Å²) >= 11 is 0. The predicted molar refractivity (Wildman–Crippen MR) is 121 cm³/mol. The highest BCUT2D eigenvalue weighted by atomic mass is 16.5. The van der Waals surface area contributed by atoms with Gasteiger partial charge in [-0.1, -0.05) is 0 Å². The molecule has 0 bridgehead atoms. The molecule has 1 saturated carbocycles. The van der Waals surface area contributed by atoms with Crippen molar-refractivity contribution in [1.82, 2.24) is 9.80 Å². The maximum absolute atomic E-state index is 13.3. The smallest absolute Gasteiger partial charge is 0.254 e. The first-order valence-corrected chi connectivity index (χ1v) is 10.7. The van der Waals surface area contributed by atoms with Crippen molar-refractivity contribution < 1.29 is 28.6 Å². The Balaban J connectivity index is 1.47. The third kappa shape index (κ3) is 4.87. The van der Waals surface area contributed by atoms with Crippen LogP contribution in [0.4, 0.5) is 5.69 Å². The maximum Gasteiger partial charge on any atom is 0.254 e. The molecule has 0 aromatic heterocycles. The second-order valence-electron chi connectivity index (χ2n) is 8.02. The van der Waals surface area contributed by atoms with Gasteiger partial charge in [0, 0.05) is 23.4 Å². The fourth-order valence-electron chi connectivity index (χ4n) is 3.80. The Morgan fingerprint density at radius 3 is 2.09 bits per heavy atom. The lowest BCUT2D eigenvalue weighted by Crippen LogP contribution is -2.43. The molecule has 3 amide bonds. The standard InChI is InChI=1S/C24H27N3O6/c1-31-19-8-6-18(7-9-19)27-15-25(13-23(27)29)22(28)14-26(17-4-5-17)24(30)16-10-20(32-2)12-21(11-16)33-3/h6-12,17H,4-5,13-15H2,1-3H3. The van der Waals surface area contributed by atoms with Gasteiger partial charge in [-0.05, 0) is 49.2 Å². The highest BCUT2D eigenvalue weighted by Gasteiger charge is 2.38. The lowest BCUT2D eigenvalue weighted by molar-refractivity contribution is -0.132. The van der Waals surface area contributed by atoms with Gasteiger partial charge in [-0.25, -0.2) is 0 Å². The molecular formula is C24H27N3O6. The van der Waals surface area contributed by atoms with Gasteiger partial charge in [-0.2, -0.15) is 0 Å². The summed E-state index contributed by atoms with van der Waals surface area (Å²) in [6, 6.07) is 12.1. The minimum atomic E-state index is -0.269. The minimum absolute atomic E-state index is 0.00893. The SMILES string of the molecule is COc1ccc(N2CN(C(=O)CN(C(=O)c3cc(OC)cc(OC)c3)C3CC3)CC2=O)cc1. The largest absolute Gasteiger partial charge is 0.497 e. The van der Waals surface area contributed by atoms with Crippen LogP contribution < -0.4 is 19.1 Å². The fourth-order valence-corrected chi connectivity index (χ4v) is 3.80. The first-order valence-electron chi connectivity index (χ1n) is 10.7. The molecule has 1 aliphatic heterocycles. The number of ether oxygens (including phenoxy) is 3. The summed E-state index contributed by atoms with van der Waals surface area (Å²) in [6.45, 7) is 0.0287. The molecule has 1 aliphatic carbocycles. The van der Waals surface area contributed by atoms with Crippen LogP contribution in [0.2, 0.25) is 0 Å². The van der Waals surface area contributed by atoms with Crippen LogP contribution in [0.5, 0.6) is 17.2 Å². The van der Waals surface area contributed by atoms with Crippen LogP contribution in [0.1, 0.15) is 23.2 Å². The van der Waals surface area contributed by atoms with E-state index in [1.165, 1.54) is 19.1 Å². The highest BCUT2D eigenvalue weighted by Crippen LogP contribution is 2.31. The zero-order valence-electron chi connectivity index (χ0n) is 18.9. The molecule has 2 aromatic carbocycles. The molecule has 2 aromatic rings. The van der Waals surface area contributed by atoms with Gasteiger partial charge in [0.25, 0.3) is 5.91 Å². The number of anilines is 1. The molecule has 9 nitrogen and oxygen atoms in total. The van der Waals surface area contributed by atoms with Crippen LogP contribution in [-0.4, -0.2) is 74.7 Å². The molecule has 4 rings (SSSR count). The predicted octanol–water partition coefficient (Wildman–Crippen LogP) is 2.15. The molecule has 0 unspecified atom stereocenters. The van der Waals surface area contributed by atoms with E-state index in [1.807, 2.05) is 0 Å². The Hall–Kier alpha value is -3.75. The van der Waals surface area contributed by atoms with Crippen LogP contribution in [0.15, 0.2) is 42.5 Å². The molecule has 2 aliphatic rings. The number of methoxy groups -OCH3 is 3. The number of amides is 3. The zero-order chi connectivity index (χ0) is 23.5. The number of hydrogen-bond donors (Lipinski definition) is 0. The van der Waals surface area contributed by atoms with E-state index in [2.05, 4.69) is 0 Å². The van der Waals surface area contributed by atoms with Crippen LogP contribution in [0, 0.1) is 0 Å². The van der Waals surface area contributed by atoms with Gasteiger partial charge in [0.2, 0.25) is 11.8 Å². The monoisotopic (exact) mass is 453 g/mol. The van der Waals surface area contributed by atoms with E-state index in [4.69, 9.17) is 14.2 Å². The van der Waals surface area contributed by atoms with Gasteiger partial charge >= 0.3 is 0 Å². The van der Waals surface area contributed by atoms with E-state index in [0.29, 0.717) is 28.5 Å². The van der Waals surface area contributed by atoms with Gasteiger partial charge in [0.05, 0.1) is 21.3 Å². The summed E-state index contributed by atoms with van der Waals surface area (Å²) in [5.74, 6) is 0.983.